The van der Waals surface area contributed by atoms with E-state index in [0.29, 0.717) is 24.9 Å². The van der Waals surface area contributed by atoms with Gasteiger partial charge in [0.25, 0.3) is 0 Å². The molecule has 6 nitrogen and oxygen atoms in total. The largest absolute Gasteiger partial charge is 0.497 e. The van der Waals surface area contributed by atoms with Crippen molar-refractivity contribution in [2.45, 2.75) is 13.0 Å². The van der Waals surface area contributed by atoms with Crippen LogP contribution in [-0.4, -0.2) is 28.8 Å². The van der Waals surface area contributed by atoms with Gasteiger partial charge in [0.1, 0.15) is 5.75 Å². The maximum Gasteiger partial charge on any atom is 0.244 e. The summed E-state index contributed by atoms with van der Waals surface area (Å²) >= 11 is 6.16. The Morgan fingerprint density at radius 1 is 1.04 bits per heavy atom. The Kier molecular flexibility index (Phi) is 6.22. The lowest BCUT2D eigenvalue weighted by Crippen LogP contribution is -2.10. The number of halogens is 1. The highest BCUT2D eigenvalue weighted by molar-refractivity contribution is 6.31. The van der Waals surface area contributed by atoms with Gasteiger partial charge in [-0.25, -0.2) is 0 Å². The molecule has 7 heteroatoms. The fraction of sp³-hybridized carbons (Fsp3) is 0.211. The molecule has 0 radical (unpaired) electrons. The van der Waals surface area contributed by atoms with Gasteiger partial charge in [-0.1, -0.05) is 41.9 Å². The monoisotopic (exact) mass is 369 g/mol. The molecule has 3 rings (SSSR count). The average molecular weight is 370 g/mol. The fourth-order valence-corrected chi connectivity index (χ4v) is 2.60. The second-order valence-electron chi connectivity index (χ2n) is 5.64. The number of ether oxygens (including phenoxy) is 1. The van der Waals surface area contributed by atoms with Gasteiger partial charge < -0.3 is 15.4 Å². The molecule has 0 aliphatic heterocycles. The molecule has 0 atom stereocenters. The van der Waals surface area contributed by atoms with Crippen molar-refractivity contribution < 1.29 is 4.74 Å². The normalized spacial score (nSPS) is 10.4. The molecule has 1 heterocycles. The first kappa shape index (κ1) is 17.9. The topological polar surface area (TPSA) is 72.0 Å². The second-order valence-corrected chi connectivity index (χ2v) is 6.04. The van der Waals surface area contributed by atoms with Gasteiger partial charge in [0.05, 0.1) is 13.3 Å². The van der Waals surface area contributed by atoms with Crippen LogP contribution in [0.4, 0.5) is 11.8 Å². The van der Waals surface area contributed by atoms with E-state index in [4.69, 9.17) is 16.3 Å². The SMILES string of the molecule is COc1ccc(CCNc2nncc(NCc3ccccc3Cl)n2)cc1. The van der Waals surface area contributed by atoms with Gasteiger partial charge in [-0.15, -0.1) is 5.10 Å². The second kappa shape index (κ2) is 9.01. The minimum atomic E-state index is 0.489. The van der Waals surface area contributed by atoms with E-state index < -0.39 is 0 Å². The standard InChI is InChI=1S/C19H20ClN5O/c1-26-16-8-6-14(7-9-16)10-11-21-19-24-18(13-23-25-19)22-12-15-4-2-3-5-17(15)20/h2-9,13H,10-12H2,1H3,(H2,21,22,24,25). The summed E-state index contributed by atoms with van der Waals surface area (Å²) < 4.78 is 5.16. The fourth-order valence-electron chi connectivity index (χ4n) is 2.40. The molecule has 0 saturated carbocycles. The highest BCUT2D eigenvalue weighted by Crippen LogP contribution is 2.16. The first-order chi connectivity index (χ1) is 12.7. The van der Waals surface area contributed by atoms with Crippen molar-refractivity contribution in [1.82, 2.24) is 15.2 Å². The van der Waals surface area contributed by atoms with Gasteiger partial charge in [0, 0.05) is 18.1 Å². The van der Waals surface area contributed by atoms with Crippen molar-refractivity contribution in [3.8, 4) is 5.75 Å². The highest BCUT2D eigenvalue weighted by Gasteiger charge is 2.03. The third-order valence-corrected chi connectivity index (χ3v) is 4.20. The van der Waals surface area contributed by atoms with Crippen LogP contribution < -0.4 is 15.4 Å². The maximum absolute atomic E-state index is 6.16. The first-order valence-corrected chi connectivity index (χ1v) is 8.66. The number of hydrogen-bond donors (Lipinski definition) is 2. The Morgan fingerprint density at radius 2 is 1.85 bits per heavy atom. The molecule has 0 amide bonds. The van der Waals surface area contributed by atoms with Crippen LogP contribution in [0.2, 0.25) is 5.02 Å². The molecule has 26 heavy (non-hydrogen) atoms. The third-order valence-electron chi connectivity index (χ3n) is 3.83. The number of methoxy groups -OCH3 is 1. The Hall–Kier alpha value is -2.86. The Labute approximate surface area is 157 Å². The van der Waals surface area contributed by atoms with Gasteiger partial charge in [-0.05, 0) is 35.7 Å². The van der Waals surface area contributed by atoms with E-state index in [2.05, 4.69) is 25.8 Å². The predicted octanol–water partition coefficient (Wildman–Crippen LogP) is 3.80. The van der Waals surface area contributed by atoms with Crippen LogP contribution in [0.1, 0.15) is 11.1 Å². The van der Waals surface area contributed by atoms with Crippen LogP contribution in [0.25, 0.3) is 0 Å². The van der Waals surface area contributed by atoms with Crippen LogP contribution in [0.5, 0.6) is 5.75 Å². The molecule has 2 aromatic carbocycles. The molecular weight excluding hydrogens is 350 g/mol. The number of rotatable bonds is 8. The number of aromatic nitrogens is 3. The zero-order valence-corrected chi connectivity index (χ0v) is 15.2. The number of nitrogens with one attached hydrogen (secondary N) is 2. The van der Waals surface area contributed by atoms with Gasteiger partial charge in [-0.2, -0.15) is 10.1 Å². The van der Waals surface area contributed by atoms with Crippen molar-refractivity contribution in [3.63, 3.8) is 0 Å². The average Bonchev–Trinajstić information content (AvgIpc) is 2.68. The molecule has 0 bridgehead atoms. The molecule has 0 unspecified atom stereocenters. The Balaban J connectivity index is 1.51. The van der Waals surface area contributed by atoms with Crippen molar-refractivity contribution >= 4 is 23.4 Å². The minimum absolute atomic E-state index is 0.489. The molecule has 0 aliphatic carbocycles. The third kappa shape index (κ3) is 5.07. The van der Waals surface area contributed by atoms with Gasteiger partial charge in [0.2, 0.25) is 5.95 Å². The summed E-state index contributed by atoms with van der Waals surface area (Å²) in [6, 6.07) is 15.7. The zero-order chi connectivity index (χ0) is 18.2. The van der Waals surface area contributed by atoms with E-state index in [9.17, 15) is 0 Å². The number of benzene rings is 2. The minimum Gasteiger partial charge on any atom is -0.497 e. The Bertz CT molecular complexity index is 841. The van der Waals surface area contributed by atoms with Crippen LogP contribution in [0.15, 0.2) is 54.7 Å². The number of hydrogen-bond acceptors (Lipinski definition) is 6. The smallest absolute Gasteiger partial charge is 0.244 e. The van der Waals surface area contributed by atoms with Gasteiger partial charge in [-0.3, -0.25) is 0 Å². The van der Waals surface area contributed by atoms with E-state index in [-0.39, 0.29) is 0 Å². The zero-order valence-electron chi connectivity index (χ0n) is 14.4. The first-order valence-electron chi connectivity index (χ1n) is 8.28. The van der Waals surface area contributed by atoms with Crippen LogP contribution in [0.3, 0.4) is 0 Å². The molecule has 3 aromatic rings. The molecule has 0 spiro atoms. The molecular formula is C19H20ClN5O. The van der Waals surface area contributed by atoms with Crippen molar-refractivity contribution in [3.05, 3.63) is 70.9 Å². The summed E-state index contributed by atoms with van der Waals surface area (Å²) in [4.78, 5) is 4.42. The lowest BCUT2D eigenvalue weighted by atomic mass is 10.1. The van der Waals surface area contributed by atoms with Crippen LogP contribution in [0, 0.1) is 0 Å². The van der Waals surface area contributed by atoms with Crippen molar-refractivity contribution in [1.29, 1.82) is 0 Å². The molecule has 134 valence electrons. The molecule has 2 N–H and O–H groups in total. The summed E-state index contributed by atoms with van der Waals surface area (Å²) in [5.74, 6) is 1.99. The summed E-state index contributed by atoms with van der Waals surface area (Å²) in [6.07, 6.45) is 2.44. The van der Waals surface area contributed by atoms with Gasteiger partial charge in [0.15, 0.2) is 5.82 Å². The highest BCUT2D eigenvalue weighted by atomic mass is 35.5. The van der Waals surface area contributed by atoms with Gasteiger partial charge >= 0.3 is 0 Å². The van der Waals surface area contributed by atoms with E-state index >= 15 is 0 Å². The van der Waals surface area contributed by atoms with Crippen LogP contribution in [-0.2, 0) is 13.0 Å². The molecule has 0 fully saturated rings. The van der Waals surface area contributed by atoms with Crippen molar-refractivity contribution in [2.24, 2.45) is 0 Å². The van der Waals surface area contributed by atoms with Crippen LogP contribution >= 0.6 is 11.6 Å². The lowest BCUT2D eigenvalue weighted by Gasteiger charge is -2.09. The number of nitrogens with zero attached hydrogens (tertiary/aromatic N) is 3. The summed E-state index contributed by atoms with van der Waals surface area (Å²) in [6.45, 7) is 1.28. The van der Waals surface area contributed by atoms with E-state index in [0.717, 1.165) is 22.8 Å². The van der Waals surface area contributed by atoms with Crippen molar-refractivity contribution in [2.75, 3.05) is 24.3 Å². The number of anilines is 2. The van der Waals surface area contributed by atoms with E-state index in [1.165, 1.54) is 5.56 Å². The lowest BCUT2D eigenvalue weighted by molar-refractivity contribution is 0.414. The molecule has 0 saturated heterocycles. The quantitative estimate of drug-likeness (QED) is 0.629. The summed E-state index contributed by atoms with van der Waals surface area (Å²) in [5.41, 5.74) is 2.21. The predicted molar refractivity (Wildman–Crippen MR) is 104 cm³/mol. The maximum atomic E-state index is 6.16. The molecule has 1 aromatic heterocycles. The summed E-state index contributed by atoms with van der Waals surface area (Å²) in [7, 11) is 1.66. The van der Waals surface area contributed by atoms with E-state index in [1.54, 1.807) is 13.3 Å². The summed E-state index contributed by atoms with van der Waals surface area (Å²) in [5, 5.41) is 15.1. The Morgan fingerprint density at radius 3 is 2.62 bits per heavy atom. The molecule has 0 aliphatic rings. The van der Waals surface area contributed by atoms with E-state index in [1.807, 2.05) is 48.5 Å².